The summed E-state index contributed by atoms with van der Waals surface area (Å²) < 4.78 is 0. The lowest BCUT2D eigenvalue weighted by Crippen LogP contribution is -2.40. The van der Waals surface area contributed by atoms with Gasteiger partial charge in [0.1, 0.15) is 0 Å². The van der Waals surface area contributed by atoms with Gasteiger partial charge in [0.05, 0.1) is 13.1 Å². The van der Waals surface area contributed by atoms with E-state index >= 15 is 0 Å². The van der Waals surface area contributed by atoms with Gasteiger partial charge in [0.2, 0.25) is 0 Å². The van der Waals surface area contributed by atoms with Crippen molar-refractivity contribution < 1.29 is 19.8 Å². The van der Waals surface area contributed by atoms with Crippen molar-refractivity contribution in [1.29, 1.82) is 0 Å². The van der Waals surface area contributed by atoms with Gasteiger partial charge in [-0.05, 0) is 17.7 Å². The molecule has 8 heteroatoms. The number of anilines is 1. The predicted molar refractivity (Wildman–Crippen MR) is 94.3 cm³/mol. The van der Waals surface area contributed by atoms with Gasteiger partial charge in [0.15, 0.2) is 0 Å². The zero-order valence-electron chi connectivity index (χ0n) is 14.3. The van der Waals surface area contributed by atoms with Gasteiger partial charge in [0.25, 0.3) is 0 Å². The minimum absolute atomic E-state index is 0.0311. The SMILES string of the molecule is Nc1ccc(CN2CCN(CC(=O)O)CCN(CC(=O)O)CC2)cc1. The van der Waals surface area contributed by atoms with E-state index in [2.05, 4.69) is 4.90 Å². The van der Waals surface area contributed by atoms with Gasteiger partial charge in [0, 0.05) is 51.5 Å². The highest BCUT2D eigenvalue weighted by Gasteiger charge is 2.19. The molecule has 0 aliphatic carbocycles. The number of carboxylic acid groups (broad SMARTS) is 2. The number of rotatable bonds is 6. The molecule has 0 bridgehead atoms. The van der Waals surface area contributed by atoms with Crippen molar-refractivity contribution in [1.82, 2.24) is 14.7 Å². The summed E-state index contributed by atoms with van der Waals surface area (Å²) in [7, 11) is 0. The maximum atomic E-state index is 11.0. The molecule has 0 radical (unpaired) electrons. The van der Waals surface area contributed by atoms with E-state index in [1.165, 1.54) is 0 Å². The molecule has 138 valence electrons. The molecule has 1 aromatic rings. The van der Waals surface area contributed by atoms with Crippen LogP contribution in [-0.2, 0) is 16.1 Å². The van der Waals surface area contributed by atoms with Crippen LogP contribution in [0.1, 0.15) is 5.56 Å². The molecule has 8 nitrogen and oxygen atoms in total. The van der Waals surface area contributed by atoms with Crippen LogP contribution in [0.4, 0.5) is 5.69 Å². The van der Waals surface area contributed by atoms with E-state index in [4.69, 9.17) is 15.9 Å². The summed E-state index contributed by atoms with van der Waals surface area (Å²) in [6.07, 6.45) is 0. The van der Waals surface area contributed by atoms with E-state index in [1.807, 2.05) is 34.1 Å². The number of nitrogens with two attached hydrogens (primary N) is 1. The lowest BCUT2D eigenvalue weighted by molar-refractivity contribution is -0.140. The molecule has 1 aromatic carbocycles. The summed E-state index contributed by atoms with van der Waals surface area (Å²) in [6.45, 7) is 4.52. The second kappa shape index (κ2) is 9.36. The van der Waals surface area contributed by atoms with Gasteiger partial charge in [-0.25, -0.2) is 0 Å². The van der Waals surface area contributed by atoms with Crippen molar-refractivity contribution in [2.75, 3.05) is 58.1 Å². The Labute approximate surface area is 147 Å². The Bertz CT molecular complexity index is 551. The summed E-state index contributed by atoms with van der Waals surface area (Å²) in [5.41, 5.74) is 7.56. The number of benzene rings is 1. The molecule has 0 aromatic heterocycles. The minimum atomic E-state index is -0.867. The van der Waals surface area contributed by atoms with Gasteiger partial charge in [-0.3, -0.25) is 24.3 Å². The number of nitrogen functional groups attached to an aromatic ring is 1. The maximum Gasteiger partial charge on any atom is 0.317 e. The van der Waals surface area contributed by atoms with E-state index in [0.717, 1.165) is 25.2 Å². The lowest BCUT2D eigenvalue weighted by Gasteiger charge is -2.25. The molecule has 0 unspecified atom stereocenters. The van der Waals surface area contributed by atoms with Crippen LogP contribution in [-0.4, -0.2) is 89.2 Å². The highest BCUT2D eigenvalue weighted by molar-refractivity contribution is 5.69. The summed E-state index contributed by atoms with van der Waals surface area (Å²) in [6, 6.07) is 7.68. The van der Waals surface area contributed by atoms with E-state index in [1.54, 1.807) is 0 Å². The van der Waals surface area contributed by atoms with E-state index in [-0.39, 0.29) is 13.1 Å². The predicted octanol–water partition coefficient (Wildman–Crippen LogP) is -0.142. The third-order valence-corrected chi connectivity index (χ3v) is 4.30. The Hall–Kier alpha value is -2.16. The van der Waals surface area contributed by atoms with Crippen molar-refractivity contribution in [3.8, 4) is 0 Å². The van der Waals surface area contributed by atoms with Crippen LogP contribution >= 0.6 is 0 Å². The quantitative estimate of drug-likeness (QED) is 0.608. The highest BCUT2D eigenvalue weighted by Crippen LogP contribution is 2.10. The molecule has 25 heavy (non-hydrogen) atoms. The molecule has 0 amide bonds. The second-order valence-electron chi connectivity index (χ2n) is 6.36. The molecule has 2 rings (SSSR count). The second-order valence-corrected chi connectivity index (χ2v) is 6.36. The summed E-state index contributed by atoms with van der Waals surface area (Å²) in [5.74, 6) is -1.73. The van der Waals surface area contributed by atoms with Crippen LogP contribution in [0.2, 0.25) is 0 Å². The Morgan fingerprint density at radius 1 is 0.800 bits per heavy atom. The number of hydrogen-bond donors (Lipinski definition) is 3. The van der Waals surface area contributed by atoms with Crippen LogP contribution in [0.15, 0.2) is 24.3 Å². The number of nitrogens with zero attached hydrogens (tertiary/aromatic N) is 3. The molecule has 1 saturated heterocycles. The molecule has 0 atom stereocenters. The Balaban J connectivity index is 2.03. The maximum absolute atomic E-state index is 11.0. The van der Waals surface area contributed by atoms with E-state index in [9.17, 15) is 9.59 Å². The topological polar surface area (TPSA) is 110 Å². The third kappa shape index (κ3) is 7.08. The fourth-order valence-corrected chi connectivity index (χ4v) is 2.92. The minimum Gasteiger partial charge on any atom is -0.480 e. The average molecular weight is 350 g/mol. The summed E-state index contributed by atoms with van der Waals surface area (Å²) in [4.78, 5) is 28.0. The van der Waals surface area contributed by atoms with Gasteiger partial charge >= 0.3 is 11.9 Å². The monoisotopic (exact) mass is 350 g/mol. The van der Waals surface area contributed by atoms with Crippen LogP contribution < -0.4 is 5.73 Å². The fraction of sp³-hybridized carbons (Fsp3) is 0.529. The number of aliphatic carboxylic acids is 2. The van der Waals surface area contributed by atoms with E-state index < -0.39 is 11.9 Å². The van der Waals surface area contributed by atoms with Crippen LogP contribution in [0.25, 0.3) is 0 Å². The standard InChI is InChI=1S/C17H26N4O4/c18-15-3-1-14(2-4-15)11-19-5-7-20(12-16(22)23)9-10-21(8-6-19)13-17(24)25/h1-4H,5-13,18H2,(H,22,23)(H,24,25). The Morgan fingerprint density at radius 2 is 1.20 bits per heavy atom. The molecule has 1 aliphatic rings. The molecule has 4 N–H and O–H groups in total. The van der Waals surface area contributed by atoms with E-state index in [0.29, 0.717) is 31.9 Å². The molecule has 0 saturated carbocycles. The molecule has 0 spiro atoms. The van der Waals surface area contributed by atoms with Crippen LogP contribution in [0, 0.1) is 0 Å². The van der Waals surface area contributed by atoms with Crippen LogP contribution in [0.5, 0.6) is 0 Å². The fourth-order valence-electron chi connectivity index (χ4n) is 2.92. The first-order chi connectivity index (χ1) is 11.9. The summed E-state index contributed by atoms with van der Waals surface area (Å²) in [5, 5.41) is 18.1. The van der Waals surface area contributed by atoms with Gasteiger partial charge in [-0.15, -0.1) is 0 Å². The zero-order valence-corrected chi connectivity index (χ0v) is 14.3. The van der Waals surface area contributed by atoms with Crippen molar-refractivity contribution >= 4 is 17.6 Å². The first kappa shape index (κ1) is 19.2. The number of carbonyl (C=O) groups is 2. The normalized spacial score (nSPS) is 18.2. The van der Waals surface area contributed by atoms with Crippen molar-refractivity contribution in [2.24, 2.45) is 0 Å². The smallest absolute Gasteiger partial charge is 0.317 e. The largest absolute Gasteiger partial charge is 0.480 e. The average Bonchev–Trinajstić information content (AvgIpc) is 2.62. The van der Waals surface area contributed by atoms with Gasteiger partial charge in [-0.2, -0.15) is 0 Å². The number of carboxylic acids is 2. The van der Waals surface area contributed by atoms with Crippen molar-refractivity contribution in [3.63, 3.8) is 0 Å². The van der Waals surface area contributed by atoms with Gasteiger partial charge < -0.3 is 15.9 Å². The zero-order chi connectivity index (χ0) is 18.2. The third-order valence-electron chi connectivity index (χ3n) is 4.30. The first-order valence-electron chi connectivity index (χ1n) is 8.37. The Kier molecular flexibility index (Phi) is 7.17. The van der Waals surface area contributed by atoms with Crippen molar-refractivity contribution in [2.45, 2.75) is 6.54 Å². The van der Waals surface area contributed by atoms with Crippen molar-refractivity contribution in [3.05, 3.63) is 29.8 Å². The van der Waals surface area contributed by atoms with Gasteiger partial charge in [-0.1, -0.05) is 12.1 Å². The molecule has 1 aliphatic heterocycles. The molecular formula is C17H26N4O4. The lowest BCUT2D eigenvalue weighted by atomic mass is 10.2. The highest BCUT2D eigenvalue weighted by atomic mass is 16.4. The first-order valence-corrected chi connectivity index (χ1v) is 8.37. The molecular weight excluding hydrogens is 324 g/mol. The Morgan fingerprint density at radius 3 is 1.60 bits per heavy atom. The molecule has 1 fully saturated rings. The van der Waals surface area contributed by atoms with Crippen LogP contribution in [0.3, 0.4) is 0 Å². The summed E-state index contributed by atoms with van der Waals surface area (Å²) >= 11 is 0. The number of hydrogen-bond acceptors (Lipinski definition) is 6. The molecule has 1 heterocycles.